The smallest absolute Gasteiger partial charge is 0.444 e. The van der Waals surface area contributed by atoms with Crippen molar-refractivity contribution >= 4 is 33.6 Å². The molecule has 0 bridgehead atoms. The van der Waals surface area contributed by atoms with Crippen LogP contribution in [-0.2, 0) is 30.3 Å². The Labute approximate surface area is 178 Å². The van der Waals surface area contributed by atoms with Gasteiger partial charge in [0.15, 0.2) is 5.76 Å². The molecule has 1 heterocycles. The molecule has 1 aliphatic rings. The fourth-order valence-electron chi connectivity index (χ4n) is 2.70. The maximum Gasteiger partial charge on any atom is 0.534 e. The molecule has 0 saturated carbocycles. The molecule has 8 nitrogen and oxygen atoms in total. The third kappa shape index (κ3) is 5.69. The van der Waals surface area contributed by atoms with E-state index in [1.54, 1.807) is 26.8 Å². The molecule has 172 valence electrons. The highest BCUT2D eigenvalue weighted by atomic mass is 32.2. The van der Waals surface area contributed by atoms with Gasteiger partial charge in [0.1, 0.15) is 11.6 Å². The van der Waals surface area contributed by atoms with Gasteiger partial charge in [-0.1, -0.05) is 13.0 Å². The molecule has 1 unspecified atom stereocenters. The molecule has 0 aliphatic carbocycles. The first-order valence-corrected chi connectivity index (χ1v) is 10.6. The second-order valence-electron chi connectivity index (χ2n) is 7.74. The Bertz CT molecular complexity index is 1010. The highest BCUT2D eigenvalue weighted by Crippen LogP contribution is 2.36. The zero-order valence-corrected chi connectivity index (χ0v) is 18.3. The van der Waals surface area contributed by atoms with Crippen molar-refractivity contribution in [2.45, 2.75) is 51.3 Å². The van der Waals surface area contributed by atoms with Gasteiger partial charge in [-0.25, -0.2) is 4.79 Å². The van der Waals surface area contributed by atoms with E-state index in [-0.39, 0.29) is 11.3 Å². The monoisotopic (exact) mass is 464 g/mol. The molecule has 2 rings (SSSR count). The van der Waals surface area contributed by atoms with E-state index in [0.29, 0.717) is 6.42 Å². The van der Waals surface area contributed by atoms with E-state index in [2.05, 4.69) is 9.50 Å². The van der Waals surface area contributed by atoms with Crippen molar-refractivity contribution in [1.29, 1.82) is 0 Å². The van der Waals surface area contributed by atoms with Crippen LogP contribution in [0.5, 0.6) is 0 Å². The number of nitrogens with zero attached hydrogens (tertiary/aromatic N) is 1. The van der Waals surface area contributed by atoms with Crippen LogP contribution >= 0.6 is 0 Å². The van der Waals surface area contributed by atoms with E-state index in [1.807, 2.05) is 6.92 Å². The van der Waals surface area contributed by atoms with Gasteiger partial charge < -0.3 is 19.1 Å². The van der Waals surface area contributed by atoms with E-state index >= 15 is 0 Å². The van der Waals surface area contributed by atoms with Gasteiger partial charge in [-0.15, -0.1) is 0 Å². The number of likely N-dealkylation sites (N-methyl/N-ethyl adjacent to an activating group) is 1. The van der Waals surface area contributed by atoms with Crippen LogP contribution < -0.4 is 10.2 Å². The number of carbonyl (C=O) groups excluding carboxylic acids is 2. The normalized spacial score (nSPS) is 17.4. The van der Waals surface area contributed by atoms with E-state index in [9.17, 15) is 31.2 Å². The largest absolute Gasteiger partial charge is 0.534 e. The highest BCUT2D eigenvalue weighted by Gasteiger charge is 2.49. The van der Waals surface area contributed by atoms with Gasteiger partial charge in [0.05, 0.1) is 5.69 Å². The molecule has 1 atom stereocenters. The molecular weight excluding hydrogens is 441 g/mol. The summed E-state index contributed by atoms with van der Waals surface area (Å²) < 4.78 is 71.5. The topological polar surface area (TPSA) is 102 Å². The van der Waals surface area contributed by atoms with Crippen LogP contribution in [0.15, 0.2) is 24.3 Å². The van der Waals surface area contributed by atoms with Crippen molar-refractivity contribution in [1.82, 2.24) is 5.32 Å². The van der Waals surface area contributed by atoms with Crippen LogP contribution in [0.3, 0.4) is 0 Å². The summed E-state index contributed by atoms with van der Waals surface area (Å²) in [7, 11) is -4.68. The average Bonchev–Trinajstić information content (AvgIpc) is 2.70. The molecule has 0 fully saturated rings. The van der Waals surface area contributed by atoms with Crippen molar-refractivity contribution in [3.05, 3.63) is 35.4 Å². The first-order valence-electron chi connectivity index (χ1n) is 9.18. The van der Waals surface area contributed by atoms with Crippen LogP contribution in [0.2, 0.25) is 0 Å². The second-order valence-corrected chi connectivity index (χ2v) is 9.28. The molecule has 1 N–H and O–H groups in total. The van der Waals surface area contributed by atoms with Crippen molar-refractivity contribution < 1.29 is 40.1 Å². The van der Waals surface area contributed by atoms with Crippen LogP contribution in [0.25, 0.3) is 5.76 Å². The fourth-order valence-corrected chi connectivity index (χ4v) is 3.18. The summed E-state index contributed by atoms with van der Waals surface area (Å²) in [6, 6.07) is 2.90. The Morgan fingerprint density at radius 2 is 1.84 bits per heavy atom. The molecule has 31 heavy (non-hydrogen) atoms. The zero-order valence-electron chi connectivity index (χ0n) is 17.5. The zero-order chi connectivity index (χ0) is 23.8. The summed E-state index contributed by atoms with van der Waals surface area (Å²) in [6.07, 6.45) is 0.341. The Morgan fingerprint density at radius 1 is 1.23 bits per heavy atom. The molecule has 0 radical (unpaired) electrons. The number of alkyl halides is 3. The van der Waals surface area contributed by atoms with Crippen molar-refractivity contribution in [3.8, 4) is 0 Å². The fraction of sp³-hybridized carbons (Fsp3) is 0.474. The Kier molecular flexibility index (Phi) is 6.64. The molecule has 0 saturated heterocycles. The maximum atomic E-state index is 12.9. The summed E-state index contributed by atoms with van der Waals surface area (Å²) in [4.78, 5) is 26.1. The number of alkyl carbamates (subject to hydrolysis) is 1. The van der Waals surface area contributed by atoms with E-state index in [1.165, 1.54) is 19.2 Å². The SMILES string of the molecule is CCc1ccc2c(c1)N(C)C(=O)C(NC(=O)OC(C)(C)C)C=C2OS(=O)(=O)C(F)(F)F. The van der Waals surface area contributed by atoms with Gasteiger partial charge in [0.2, 0.25) is 0 Å². The number of anilines is 1. The lowest BCUT2D eigenvalue weighted by Crippen LogP contribution is -2.47. The third-order valence-electron chi connectivity index (χ3n) is 4.17. The number of fused-ring (bicyclic) bond motifs is 1. The number of carbonyl (C=O) groups is 2. The van der Waals surface area contributed by atoms with Crippen LogP contribution in [-0.4, -0.2) is 44.6 Å². The predicted molar refractivity (Wildman–Crippen MR) is 106 cm³/mol. The first-order chi connectivity index (χ1) is 14.1. The number of ether oxygens (including phenoxy) is 1. The van der Waals surface area contributed by atoms with E-state index < -0.39 is 45.0 Å². The first kappa shape index (κ1) is 24.5. The molecule has 12 heteroatoms. The lowest BCUT2D eigenvalue weighted by Gasteiger charge is -2.24. The van der Waals surface area contributed by atoms with Crippen molar-refractivity contribution in [3.63, 3.8) is 0 Å². The summed E-state index contributed by atoms with van der Waals surface area (Å²) in [5, 5.41) is 2.23. The number of aryl methyl sites for hydroxylation is 1. The number of hydrogen-bond acceptors (Lipinski definition) is 6. The van der Waals surface area contributed by atoms with Crippen molar-refractivity contribution in [2.24, 2.45) is 0 Å². The van der Waals surface area contributed by atoms with Crippen LogP contribution in [0.1, 0.15) is 38.8 Å². The number of hydrogen-bond donors (Lipinski definition) is 1. The van der Waals surface area contributed by atoms with Crippen LogP contribution in [0.4, 0.5) is 23.7 Å². The maximum absolute atomic E-state index is 12.9. The van der Waals surface area contributed by atoms with Gasteiger partial charge in [-0.05, 0) is 51.0 Å². The minimum Gasteiger partial charge on any atom is -0.444 e. The summed E-state index contributed by atoms with van der Waals surface area (Å²) in [5.74, 6) is -1.47. The van der Waals surface area contributed by atoms with Gasteiger partial charge in [-0.2, -0.15) is 21.6 Å². The highest BCUT2D eigenvalue weighted by molar-refractivity contribution is 7.87. The molecule has 1 aliphatic heterocycles. The van der Waals surface area contributed by atoms with Gasteiger partial charge >= 0.3 is 21.7 Å². The van der Waals surface area contributed by atoms with E-state index in [0.717, 1.165) is 16.5 Å². The minimum atomic E-state index is -6.03. The van der Waals surface area contributed by atoms with Gasteiger partial charge in [0, 0.05) is 12.6 Å². The molecule has 2 amide bonds. The van der Waals surface area contributed by atoms with Gasteiger partial charge in [-0.3, -0.25) is 4.79 Å². The minimum absolute atomic E-state index is 0.0608. The van der Waals surface area contributed by atoms with Gasteiger partial charge in [0.25, 0.3) is 5.91 Å². The van der Waals surface area contributed by atoms with Crippen molar-refractivity contribution in [2.75, 3.05) is 11.9 Å². The Morgan fingerprint density at radius 3 is 2.35 bits per heavy atom. The standard InChI is InChI=1S/C19H23F3N2O6S/c1-6-11-7-8-12-14(9-11)24(5)16(25)13(23-17(26)29-18(2,3)4)10-15(12)30-31(27,28)19(20,21)22/h7-10,13H,6H2,1-5H3,(H,23,26). The third-order valence-corrected chi connectivity index (χ3v) is 5.13. The molecule has 0 aromatic heterocycles. The summed E-state index contributed by atoms with van der Waals surface area (Å²) >= 11 is 0. The van der Waals surface area contributed by atoms with E-state index in [4.69, 9.17) is 4.74 Å². The van der Waals surface area contributed by atoms with Crippen LogP contribution in [0, 0.1) is 0 Å². The summed E-state index contributed by atoms with van der Waals surface area (Å²) in [6.45, 7) is 6.57. The molecule has 1 aromatic rings. The number of halogens is 3. The summed E-state index contributed by atoms with van der Waals surface area (Å²) in [5.41, 5.74) is -5.79. The quantitative estimate of drug-likeness (QED) is 0.542. The molecular formula is C19H23F3N2O6S. The lowest BCUT2D eigenvalue weighted by molar-refractivity contribution is -0.119. The lowest BCUT2D eigenvalue weighted by atomic mass is 10.1. The predicted octanol–water partition coefficient (Wildman–Crippen LogP) is 3.33. The Hall–Kier alpha value is -2.76. The Balaban J connectivity index is 2.58. The number of rotatable bonds is 4. The average molecular weight is 464 g/mol. The molecule has 1 aromatic carbocycles. The number of nitrogens with one attached hydrogen (secondary N) is 1. The number of benzene rings is 1. The second kappa shape index (κ2) is 8.40. The molecule has 0 spiro atoms. The number of amides is 2.